The molecule has 0 aliphatic carbocycles. The molecular weight excluding hydrogens is 574 g/mol. The molecule has 2 aliphatic rings. The molecule has 39 heavy (non-hydrogen) atoms. The number of amides is 1. The van der Waals surface area contributed by atoms with Gasteiger partial charge in [0.15, 0.2) is 16.7 Å². The summed E-state index contributed by atoms with van der Waals surface area (Å²) in [5.74, 6) is 1.18. The van der Waals surface area contributed by atoms with Gasteiger partial charge in [0.1, 0.15) is 6.61 Å². The number of anilines is 1. The number of benzene rings is 3. The summed E-state index contributed by atoms with van der Waals surface area (Å²) in [6, 6.07) is 22.1. The maximum atomic E-state index is 13.3. The van der Waals surface area contributed by atoms with Crippen molar-refractivity contribution in [1.29, 1.82) is 0 Å². The number of hydrogen-bond donors (Lipinski definition) is 0. The second kappa shape index (κ2) is 12.7. The number of likely N-dealkylation sites (N-methyl/N-ethyl adjacent to an activating group) is 1. The predicted octanol–water partition coefficient (Wildman–Crippen LogP) is 7.65. The van der Waals surface area contributed by atoms with Crippen LogP contribution in [0.2, 0.25) is 0 Å². The Morgan fingerprint density at radius 2 is 1.74 bits per heavy atom. The number of halogens is 1. The summed E-state index contributed by atoms with van der Waals surface area (Å²) >= 11 is 5.05. The van der Waals surface area contributed by atoms with E-state index in [4.69, 9.17) is 14.5 Å². The highest BCUT2D eigenvalue weighted by atomic mass is 79.9. The molecule has 6 nitrogen and oxygen atoms in total. The van der Waals surface area contributed by atoms with Crippen molar-refractivity contribution in [3.8, 4) is 11.5 Å². The van der Waals surface area contributed by atoms with Crippen LogP contribution in [0.4, 0.5) is 11.4 Å². The average Bonchev–Trinajstić information content (AvgIpc) is 3.27. The van der Waals surface area contributed by atoms with Gasteiger partial charge in [-0.15, -0.1) is 0 Å². The van der Waals surface area contributed by atoms with Gasteiger partial charge in [0.05, 0.1) is 17.7 Å². The zero-order valence-corrected chi connectivity index (χ0v) is 24.6. The first-order chi connectivity index (χ1) is 19.1. The molecule has 8 heteroatoms. The number of ether oxygens (including phenoxy) is 2. The van der Waals surface area contributed by atoms with Gasteiger partial charge in [-0.3, -0.25) is 9.69 Å². The summed E-state index contributed by atoms with van der Waals surface area (Å²) in [4.78, 5) is 22.9. The third kappa shape index (κ3) is 6.50. The quantitative estimate of drug-likeness (QED) is 0.247. The monoisotopic (exact) mass is 605 g/mol. The van der Waals surface area contributed by atoms with E-state index in [-0.39, 0.29) is 5.91 Å². The largest absolute Gasteiger partial charge is 0.493 e. The van der Waals surface area contributed by atoms with Crippen LogP contribution < -0.4 is 14.4 Å². The van der Waals surface area contributed by atoms with Crippen LogP contribution >= 0.6 is 27.7 Å². The molecular formula is C31H32BrN3O3S. The molecule has 5 rings (SSSR count). The molecule has 0 unspecified atom stereocenters. The summed E-state index contributed by atoms with van der Waals surface area (Å²) in [5, 5.41) is 0.686. The molecule has 3 aromatic rings. The Kier molecular flexibility index (Phi) is 8.94. The molecule has 2 heterocycles. The lowest BCUT2D eigenvalue weighted by atomic mass is 10.1. The fraction of sp³-hybridized carbons (Fsp3) is 0.290. The maximum absolute atomic E-state index is 13.3. The van der Waals surface area contributed by atoms with Crippen LogP contribution in [-0.4, -0.2) is 42.7 Å². The minimum Gasteiger partial charge on any atom is -0.493 e. The number of carbonyl (C=O) groups excluding carboxylic acids is 1. The number of methoxy groups -OCH3 is 1. The van der Waals surface area contributed by atoms with Crippen molar-refractivity contribution < 1.29 is 14.3 Å². The van der Waals surface area contributed by atoms with Gasteiger partial charge in [-0.05, 0) is 91.5 Å². The van der Waals surface area contributed by atoms with Crippen LogP contribution in [-0.2, 0) is 11.4 Å². The van der Waals surface area contributed by atoms with E-state index in [9.17, 15) is 4.79 Å². The number of rotatable bonds is 8. The second-order valence-corrected chi connectivity index (χ2v) is 11.3. The maximum Gasteiger partial charge on any atom is 0.266 e. The van der Waals surface area contributed by atoms with E-state index in [2.05, 4.69) is 33.0 Å². The zero-order chi connectivity index (χ0) is 27.2. The van der Waals surface area contributed by atoms with Gasteiger partial charge in [-0.25, -0.2) is 4.99 Å². The van der Waals surface area contributed by atoms with Gasteiger partial charge >= 0.3 is 0 Å². The van der Waals surface area contributed by atoms with Gasteiger partial charge in [0.25, 0.3) is 5.91 Å². The lowest BCUT2D eigenvalue weighted by molar-refractivity contribution is -0.122. The topological polar surface area (TPSA) is 54.4 Å². The van der Waals surface area contributed by atoms with Crippen LogP contribution in [0.1, 0.15) is 37.3 Å². The van der Waals surface area contributed by atoms with E-state index in [0.29, 0.717) is 34.7 Å². The van der Waals surface area contributed by atoms with E-state index < -0.39 is 0 Å². The van der Waals surface area contributed by atoms with Crippen molar-refractivity contribution in [2.75, 3.05) is 31.6 Å². The Hall–Kier alpha value is -3.23. The Morgan fingerprint density at radius 3 is 2.44 bits per heavy atom. The van der Waals surface area contributed by atoms with Crippen LogP contribution in [0.15, 0.2) is 81.1 Å². The van der Waals surface area contributed by atoms with E-state index >= 15 is 0 Å². The number of carbonyl (C=O) groups is 1. The minimum atomic E-state index is -0.0542. The predicted molar refractivity (Wildman–Crippen MR) is 164 cm³/mol. The third-order valence-electron chi connectivity index (χ3n) is 6.81. The SMILES string of the molecule is CCN1C(=O)/C(=C/c2cc(OC)c(OCc3ccccc3)cc2Br)SC1=Nc1ccc(N2CCCCC2)cc1. The summed E-state index contributed by atoms with van der Waals surface area (Å²) in [5.41, 5.74) is 3.98. The Morgan fingerprint density at radius 1 is 1.00 bits per heavy atom. The summed E-state index contributed by atoms with van der Waals surface area (Å²) in [6.07, 6.45) is 5.68. The second-order valence-electron chi connectivity index (χ2n) is 9.42. The summed E-state index contributed by atoms with van der Waals surface area (Å²) in [7, 11) is 1.62. The van der Waals surface area contributed by atoms with Crippen LogP contribution in [0.25, 0.3) is 6.08 Å². The molecule has 3 aromatic carbocycles. The van der Waals surface area contributed by atoms with Gasteiger partial charge in [0.2, 0.25) is 0 Å². The normalized spacial score (nSPS) is 17.8. The molecule has 0 radical (unpaired) electrons. The molecule has 0 bridgehead atoms. The lowest BCUT2D eigenvalue weighted by Gasteiger charge is -2.28. The van der Waals surface area contributed by atoms with Gasteiger partial charge < -0.3 is 14.4 Å². The van der Waals surface area contributed by atoms with Crippen molar-refractivity contribution in [1.82, 2.24) is 4.90 Å². The fourth-order valence-corrected chi connectivity index (χ4v) is 6.17. The van der Waals surface area contributed by atoms with Crippen molar-refractivity contribution in [3.05, 3.63) is 87.2 Å². The molecule has 0 N–H and O–H groups in total. The number of amidine groups is 1. The molecule has 0 aromatic heterocycles. The third-order valence-corrected chi connectivity index (χ3v) is 8.50. The van der Waals surface area contributed by atoms with Crippen molar-refractivity contribution >= 4 is 56.2 Å². The van der Waals surface area contributed by atoms with Gasteiger partial charge in [0, 0.05) is 29.8 Å². The highest BCUT2D eigenvalue weighted by molar-refractivity contribution is 9.10. The van der Waals surface area contributed by atoms with Crippen molar-refractivity contribution in [2.24, 2.45) is 4.99 Å². The highest BCUT2D eigenvalue weighted by Crippen LogP contribution is 2.39. The molecule has 0 saturated carbocycles. The Labute approximate surface area is 242 Å². The van der Waals surface area contributed by atoms with E-state index in [1.54, 1.807) is 12.0 Å². The van der Waals surface area contributed by atoms with E-state index in [0.717, 1.165) is 34.4 Å². The zero-order valence-electron chi connectivity index (χ0n) is 22.2. The number of hydrogen-bond acceptors (Lipinski definition) is 6. The number of nitrogens with zero attached hydrogens (tertiary/aromatic N) is 3. The number of thioether (sulfide) groups is 1. The highest BCUT2D eigenvalue weighted by Gasteiger charge is 2.32. The molecule has 2 saturated heterocycles. The van der Waals surface area contributed by atoms with Crippen LogP contribution in [0.5, 0.6) is 11.5 Å². The van der Waals surface area contributed by atoms with Gasteiger partial charge in [-0.2, -0.15) is 0 Å². The van der Waals surface area contributed by atoms with Crippen LogP contribution in [0, 0.1) is 0 Å². The van der Waals surface area contributed by atoms with Crippen molar-refractivity contribution in [2.45, 2.75) is 32.8 Å². The van der Waals surface area contributed by atoms with Crippen LogP contribution in [0.3, 0.4) is 0 Å². The minimum absolute atomic E-state index is 0.0542. The molecule has 1 amide bonds. The lowest BCUT2D eigenvalue weighted by Crippen LogP contribution is -2.29. The Bertz CT molecular complexity index is 1370. The van der Waals surface area contributed by atoms with Gasteiger partial charge in [-0.1, -0.05) is 46.3 Å². The summed E-state index contributed by atoms with van der Waals surface area (Å²) < 4.78 is 12.5. The molecule has 0 spiro atoms. The standard InChI is InChI=1S/C31H32BrN3O3S/c1-3-35-30(36)29(39-31(35)33-24-12-14-25(15-13-24)34-16-8-5-9-17-34)19-23-18-27(37-2)28(20-26(23)32)38-21-22-10-6-4-7-11-22/h4,6-7,10-15,18-20H,3,5,8-9,16-17,21H2,1-2H3/b29-19-,33-31?. The average molecular weight is 607 g/mol. The molecule has 0 atom stereocenters. The molecule has 2 aliphatic heterocycles. The molecule has 202 valence electrons. The fourth-order valence-electron chi connectivity index (χ4n) is 4.68. The van der Waals surface area contributed by atoms with E-state index in [1.165, 1.54) is 36.7 Å². The smallest absolute Gasteiger partial charge is 0.266 e. The first-order valence-corrected chi connectivity index (χ1v) is 14.9. The summed E-state index contributed by atoms with van der Waals surface area (Å²) in [6.45, 7) is 5.16. The van der Waals surface area contributed by atoms with Crippen molar-refractivity contribution in [3.63, 3.8) is 0 Å². The van der Waals surface area contributed by atoms with E-state index in [1.807, 2.05) is 67.6 Å². The first-order valence-electron chi connectivity index (χ1n) is 13.2. The number of piperidine rings is 1. The number of aliphatic imine (C=N–C) groups is 1. The molecule has 2 fully saturated rings. The first kappa shape index (κ1) is 27.3. The Balaban J connectivity index is 1.35.